The van der Waals surface area contributed by atoms with Gasteiger partial charge in [-0.2, -0.15) is 0 Å². The van der Waals surface area contributed by atoms with Crippen LogP contribution in [0.5, 0.6) is 5.75 Å². The molecule has 0 aliphatic carbocycles. The molecule has 1 aliphatic heterocycles. The van der Waals surface area contributed by atoms with Crippen LogP contribution in [-0.4, -0.2) is 34.8 Å². The first-order valence-electron chi connectivity index (χ1n) is 6.87. The Morgan fingerprint density at radius 3 is 2.68 bits per heavy atom. The topological polar surface area (TPSA) is 32.7 Å². The largest absolute Gasteiger partial charge is 0.487 e. The molecule has 1 heterocycles. The standard InChI is InChI=1S/C16H25NO2/c1-15(2,18)11-17(5)10-13-8-6-7-12-9-16(3,4)19-14(12)13/h6-8,18H,9-11H2,1-5H3. The van der Waals surface area contributed by atoms with Crippen molar-refractivity contribution in [3.05, 3.63) is 29.3 Å². The smallest absolute Gasteiger partial charge is 0.127 e. The van der Waals surface area contributed by atoms with Crippen molar-refractivity contribution in [2.24, 2.45) is 0 Å². The van der Waals surface area contributed by atoms with E-state index < -0.39 is 5.60 Å². The summed E-state index contributed by atoms with van der Waals surface area (Å²) < 4.78 is 6.07. The summed E-state index contributed by atoms with van der Waals surface area (Å²) in [6.45, 7) is 9.34. The van der Waals surface area contributed by atoms with Gasteiger partial charge < -0.3 is 9.84 Å². The zero-order chi connectivity index (χ0) is 14.3. The van der Waals surface area contributed by atoms with Crippen LogP contribution in [-0.2, 0) is 13.0 Å². The van der Waals surface area contributed by atoms with E-state index in [4.69, 9.17) is 4.74 Å². The predicted molar refractivity (Wildman–Crippen MR) is 77.5 cm³/mol. The van der Waals surface area contributed by atoms with E-state index in [0.717, 1.165) is 18.7 Å². The Balaban J connectivity index is 2.13. The van der Waals surface area contributed by atoms with Crippen molar-refractivity contribution in [3.63, 3.8) is 0 Å². The van der Waals surface area contributed by atoms with E-state index in [0.29, 0.717) is 6.54 Å². The Labute approximate surface area is 116 Å². The molecule has 19 heavy (non-hydrogen) atoms. The zero-order valence-electron chi connectivity index (χ0n) is 12.7. The van der Waals surface area contributed by atoms with Crippen molar-refractivity contribution < 1.29 is 9.84 Å². The van der Waals surface area contributed by atoms with Crippen LogP contribution in [0, 0.1) is 0 Å². The molecule has 2 rings (SSSR count). The maximum absolute atomic E-state index is 9.87. The molecule has 0 saturated heterocycles. The molecule has 106 valence electrons. The first-order chi connectivity index (χ1) is 8.66. The van der Waals surface area contributed by atoms with Gasteiger partial charge in [0.1, 0.15) is 11.4 Å². The van der Waals surface area contributed by atoms with Gasteiger partial charge in [0.2, 0.25) is 0 Å². The lowest BCUT2D eigenvalue weighted by Crippen LogP contribution is -2.35. The third-order valence-corrected chi connectivity index (χ3v) is 3.27. The summed E-state index contributed by atoms with van der Waals surface area (Å²) in [6, 6.07) is 6.35. The van der Waals surface area contributed by atoms with E-state index in [-0.39, 0.29) is 5.60 Å². The highest BCUT2D eigenvalue weighted by molar-refractivity contribution is 5.45. The molecule has 0 aromatic heterocycles. The van der Waals surface area contributed by atoms with Gasteiger partial charge >= 0.3 is 0 Å². The zero-order valence-corrected chi connectivity index (χ0v) is 12.7. The number of nitrogens with zero attached hydrogens (tertiary/aromatic N) is 1. The lowest BCUT2D eigenvalue weighted by molar-refractivity contribution is 0.0419. The van der Waals surface area contributed by atoms with E-state index in [2.05, 4.69) is 36.9 Å². The number of fused-ring (bicyclic) bond motifs is 1. The quantitative estimate of drug-likeness (QED) is 0.906. The van der Waals surface area contributed by atoms with Crippen LogP contribution in [0.15, 0.2) is 18.2 Å². The molecule has 3 nitrogen and oxygen atoms in total. The van der Waals surface area contributed by atoms with Gasteiger partial charge in [-0.15, -0.1) is 0 Å². The Morgan fingerprint density at radius 2 is 2.05 bits per heavy atom. The van der Waals surface area contributed by atoms with Gasteiger partial charge in [0.25, 0.3) is 0 Å². The van der Waals surface area contributed by atoms with E-state index in [1.54, 1.807) is 0 Å². The molecule has 0 fully saturated rings. The summed E-state index contributed by atoms with van der Waals surface area (Å²) in [4.78, 5) is 2.13. The van der Waals surface area contributed by atoms with Crippen molar-refractivity contribution >= 4 is 0 Å². The number of para-hydroxylation sites is 1. The molecule has 1 aromatic rings. The van der Waals surface area contributed by atoms with Gasteiger partial charge in [-0.05, 0) is 40.3 Å². The maximum atomic E-state index is 9.87. The van der Waals surface area contributed by atoms with Crippen molar-refractivity contribution in [1.29, 1.82) is 0 Å². The maximum Gasteiger partial charge on any atom is 0.127 e. The van der Waals surface area contributed by atoms with Crippen molar-refractivity contribution in [2.45, 2.75) is 51.9 Å². The van der Waals surface area contributed by atoms with Gasteiger partial charge in [-0.25, -0.2) is 0 Å². The van der Waals surface area contributed by atoms with Crippen LogP contribution in [0.4, 0.5) is 0 Å². The molecule has 1 aromatic carbocycles. The van der Waals surface area contributed by atoms with Gasteiger partial charge in [0.05, 0.1) is 5.60 Å². The van der Waals surface area contributed by atoms with Crippen LogP contribution in [0.25, 0.3) is 0 Å². The van der Waals surface area contributed by atoms with Gasteiger partial charge in [-0.3, -0.25) is 4.90 Å². The van der Waals surface area contributed by atoms with Crippen molar-refractivity contribution in [2.75, 3.05) is 13.6 Å². The van der Waals surface area contributed by atoms with Gasteiger partial charge in [-0.1, -0.05) is 18.2 Å². The first kappa shape index (κ1) is 14.4. The summed E-state index contributed by atoms with van der Waals surface area (Å²) in [7, 11) is 2.03. The lowest BCUT2D eigenvalue weighted by atomic mass is 10.0. The Morgan fingerprint density at radius 1 is 1.37 bits per heavy atom. The third kappa shape index (κ3) is 3.71. The molecule has 0 amide bonds. The van der Waals surface area contributed by atoms with Crippen molar-refractivity contribution in [3.8, 4) is 5.75 Å². The normalized spacial score (nSPS) is 17.4. The Kier molecular flexibility index (Phi) is 3.63. The van der Waals surface area contributed by atoms with Crippen LogP contribution < -0.4 is 4.74 Å². The summed E-state index contributed by atoms with van der Waals surface area (Å²) in [5, 5.41) is 9.87. The first-order valence-corrected chi connectivity index (χ1v) is 6.87. The van der Waals surface area contributed by atoms with Gasteiger partial charge in [0, 0.05) is 25.1 Å². The number of rotatable bonds is 4. The minimum absolute atomic E-state index is 0.104. The van der Waals surface area contributed by atoms with E-state index >= 15 is 0 Å². The highest BCUT2D eigenvalue weighted by atomic mass is 16.5. The molecule has 0 bridgehead atoms. The summed E-state index contributed by atoms with van der Waals surface area (Å²) in [6.07, 6.45) is 0.964. The second-order valence-corrected chi connectivity index (χ2v) is 6.93. The fourth-order valence-electron chi connectivity index (χ4n) is 2.81. The highest BCUT2D eigenvalue weighted by Gasteiger charge is 2.31. The molecule has 0 spiro atoms. The predicted octanol–water partition coefficient (Wildman–Crippen LogP) is 2.60. The lowest BCUT2D eigenvalue weighted by Gasteiger charge is -2.26. The average molecular weight is 263 g/mol. The number of hydrogen-bond acceptors (Lipinski definition) is 3. The minimum Gasteiger partial charge on any atom is -0.487 e. The summed E-state index contributed by atoms with van der Waals surface area (Å²) in [5.74, 6) is 1.04. The van der Waals surface area contributed by atoms with Crippen LogP contribution >= 0.6 is 0 Å². The van der Waals surface area contributed by atoms with Gasteiger partial charge in [0.15, 0.2) is 0 Å². The van der Waals surface area contributed by atoms with Crippen LogP contribution in [0.3, 0.4) is 0 Å². The fourth-order valence-corrected chi connectivity index (χ4v) is 2.81. The molecule has 0 unspecified atom stereocenters. The van der Waals surface area contributed by atoms with E-state index in [1.807, 2.05) is 20.9 Å². The Bertz CT molecular complexity index is 460. The number of aliphatic hydroxyl groups is 1. The van der Waals surface area contributed by atoms with E-state index in [9.17, 15) is 5.11 Å². The second-order valence-electron chi connectivity index (χ2n) is 6.93. The fraction of sp³-hybridized carbons (Fsp3) is 0.625. The molecular weight excluding hydrogens is 238 g/mol. The molecular formula is C16H25NO2. The SMILES string of the molecule is CN(Cc1cccc2c1OC(C)(C)C2)CC(C)(C)O. The monoisotopic (exact) mass is 263 g/mol. The minimum atomic E-state index is -0.674. The molecule has 3 heteroatoms. The molecule has 0 atom stereocenters. The second kappa shape index (κ2) is 4.80. The van der Waals surface area contributed by atoms with E-state index in [1.165, 1.54) is 11.1 Å². The molecule has 1 N–H and O–H groups in total. The average Bonchev–Trinajstić information content (AvgIpc) is 2.50. The summed E-state index contributed by atoms with van der Waals surface area (Å²) >= 11 is 0. The molecule has 1 aliphatic rings. The highest BCUT2D eigenvalue weighted by Crippen LogP contribution is 2.37. The molecule has 0 radical (unpaired) electrons. The number of likely N-dealkylation sites (N-methyl/N-ethyl adjacent to an activating group) is 1. The Hall–Kier alpha value is -1.06. The summed E-state index contributed by atoms with van der Waals surface area (Å²) in [5.41, 5.74) is 1.72. The number of hydrogen-bond donors (Lipinski definition) is 1. The van der Waals surface area contributed by atoms with Crippen LogP contribution in [0.1, 0.15) is 38.8 Å². The number of benzene rings is 1. The van der Waals surface area contributed by atoms with Crippen LogP contribution in [0.2, 0.25) is 0 Å². The third-order valence-electron chi connectivity index (χ3n) is 3.27. The number of ether oxygens (including phenoxy) is 1. The van der Waals surface area contributed by atoms with Crippen molar-refractivity contribution in [1.82, 2.24) is 4.90 Å². The molecule has 0 saturated carbocycles.